The number of benzene rings is 1. The predicted octanol–water partition coefficient (Wildman–Crippen LogP) is 1.52. The van der Waals surface area contributed by atoms with Gasteiger partial charge in [0.05, 0.1) is 10.9 Å². The van der Waals surface area contributed by atoms with Crippen molar-refractivity contribution in [3.05, 3.63) is 59.9 Å². The Labute approximate surface area is 172 Å². The van der Waals surface area contributed by atoms with Crippen LogP contribution < -0.4 is 10.0 Å². The number of piperazine rings is 1. The van der Waals surface area contributed by atoms with Crippen LogP contribution in [0.3, 0.4) is 0 Å². The minimum Gasteiger partial charge on any atom is -0.333 e. The highest BCUT2D eigenvalue weighted by Crippen LogP contribution is 2.22. The van der Waals surface area contributed by atoms with Crippen LogP contribution in [0.15, 0.2) is 53.7 Å². The second-order valence-electron chi connectivity index (χ2n) is 6.44. The number of amides is 1. The summed E-state index contributed by atoms with van der Waals surface area (Å²) in [4.78, 5) is 19.1. The first-order valence-electron chi connectivity index (χ1n) is 8.94. The first-order chi connectivity index (χ1) is 13.0. The number of aromatic nitrogens is 1. The van der Waals surface area contributed by atoms with Gasteiger partial charge in [0, 0.05) is 38.4 Å². The second-order valence-corrected chi connectivity index (χ2v) is 8.33. The number of nitrogens with zero attached hydrogens (tertiary/aromatic N) is 2. The minimum absolute atomic E-state index is 0. The molecule has 0 aliphatic carbocycles. The normalized spacial score (nSPS) is 17.0. The Kier molecular flexibility index (Phi) is 7.94. The predicted molar refractivity (Wildman–Crippen MR) is 110 cm³/mol. The lowest BCUT2D eigenvalue weighted by Gasteiger charge is -2.36. The van der Waals surface area contributed by atoms with E-state index in [-0.39, 0.29) is 29.3 Å². The summed E-state index contributed by atoms with van der Waals surface area (Å²) in [6.07, 6.45) is 4.49. The van der Waals surface area contributed by atoms with Crippen molar-refractivity contribution < 1.29 is 13.2 Å². The first kappa shape index (κ1) is 22.3. The molecule has 0 spiro atoms. The molecule has 1 aromatic heterocycles. The molecule has 1 saturated heterocycles. The van der Waals surface area contributed by atoms with Crippen molar-refractivity contribution in [3.63, 3.8) is 0 Å². The molecule has 3 rings (SSSR count). The fourth-order valence-corrected chi connectivity index (χ4v) is 3.95. The minimum atomic E-state index is -3.44. The fraction of sp³-hybridized carbons (Fsp3) is 0.368. The van der Waals surface area contributed by atoms with Crippen LogP contribution in [0.25, 0.3) is 0 Å². The lowest BCUT2D eigenvalue weighted by molar-refractivity contribution is -0.134. The lowest BCUT2D eigenvalue weighted by atomic mass is 10.0. The summed E-state index contributed by atoms with van der Waals surface area (Å²) in [5.41, 5.74) is 1.96. The lowest BCUT2D eigenvalue weighted by Crippen LogP contribution is -2.48. The van der Waals surface area contributed by atoms with Gasteiger partial charge in [-0.2, -0.15) is 0 Å². The molecule has 9 heteroatoms. The van der Waals surface area contributed by atoms with E-state index in [4.69, 9.17) is 0 Å². The van der Waals surface area contributed by atoms with Gasteiger partial charge in [-0.3, -0.25) is 9.78 Å². The molecule has 1 amide bonds. The zero-order chi connectivity index (χ0) is 19.3. The molecule has 7 nitrogen and oxygen atoms in total. The molecule has 0 bridgehead atoms. The summed E-state index contributed by atoms with van der Waals surface area (Å²) < 4.78 is 25.8. The van der Waals surface area contributed by atoms with Crippen LogP contribution >= 0.6 is 12.4 Å². The van der Waals surface area contributed by atoms with Crippen molar-refractivity contribution >= 4 is 28.3 Å². The van der Waals surface area contributed by atoms with E-state index in [0.717, 1.165) is 17.7 Å². The summed E-state index contributed by atoms with van der Waals surface area (Å²) in [7, 11) is -2.06. The molecular formula is C19H25ClN4O3S. The van der Waals surface area contributed by atoms with Crippen LogP contribution in [-0.2, 0) is 21.2 Å². The zero-order valence-electron chi connectivity index (χ0n) is 15.7. The van der Waals surface area contributed by atoms with E-state index in [2.05, 4.69) is 15.0 Å². The Hall–Kier alpha value is -2.00. The molecule has 28 heavy (non-hydrogen) atoms. The summed E-state index contributed by atoms with van der Waals surface area (Å²) in [6.45, 7) is 2.16. The van der Waals surface area contributed by atoms with Crippen LogP contribution in [-0.4, -0.2) is 50.9 Å². The Morgan fingerprint density at radius 1 is 1.29 bits per heavy atom. The van der Waals surface area contributed by atoms with Crippen LogP contribution in [0.5, 0.6) is 0 Å². The fourth-order valence-electron chi connectivity index (χ4n) is 3.22. The van der Waals surface area contributed by atoms with Crippen LogP contribution in [0.2, 0.25) is 0 Å². The molecule has 2 aromatic rings. The Balaban J connectivity index is 0.00000280. The molecular weight excluding hydrogens is 400 g/mol. The monoisotopic (exact) mass is 424 g/mol. The van der Waals surface area contributed by atoms with Crippen LogP contribution in [0, 0.1) is 0 Å². The molecule has 0 radical (unpaired) electrons. The van der Waals surface area contributed by atoms with E-state index >= 15 is 0 Å². The molecule has 0 saturated carbocycles. The standard InChI is InChI=1S/C19H24N4O3S.ClH/c1-20-27(25,26)17-7-4-15(5-8-17)6-9-19(24)23-12-11-22-14-18(23)16-3-2-10-21-13-16;/h2-5,7-8,10,13,18,20,22H,6,9,11-12,14H2,1H3;1H. The summed E-state index contributed by atoms with van der Waals surface area (Å²) in [5, 5.41) is 3.33. The van der Waals surface area contributed by atoms with E-state index in [1.807, 2.05) is 17.0 Å². The Morgan fingerprint density at radius 2 is 2.04 bits per heavy atom. The van der Waals surface area contributed by atoms with Gasteiger partial charge in [0.15, 0.2) is 0 Å². The number of halogens is 1. The molecule has 1 aliphatic heterocycles. The number of nitrogens with one attached hydrogen (secondary N) is 2. The second kappa shape index (κ2) is 9.97. The van der Waals surface area contributed by atoms with Gasteiger partial charge in [-0.25, -0.2) is 13.1 Å². The van der Waals surface area contributed by atoms with E-state index in [1.165, 1.54) is 7.05 Å². The zero-order valence-corrected chi connectivity index (χ0v) is 17.3. The average Bonchev–Trinajstić information content (AvgIpc) is 2.73. The van der Waals surface area contributed by atoms with Crippen molar-refractivity contribution in [1.29, 1.82) is 0 Å². The van der Waals surface area contributed by atoms with Crippen molar-refractivity contribution in [3.8, 4) is 0 Å². The molecule has 1 aromatic carbocycles. The smallest absolute Gasteiger partial charge is 0.240 e. The van der Waals surface area contributed by atoms with Gasteiger partial charge in [-0.1, -0.05) is 18.2 Å². The maximum atomic E-state index is 12.8. The average molecular weight is 425 g/mol. The van der Waals surface area contributed by atoms with Crippen molar-refractivity contribution in [2.45, 2.75) is 23.8 Å². The number of pyridine rings is 1. The van der Waals surface area contributed by atoms with Crippen molar-refractivity contribution in [1.82, 2.24) is 19.9 Å². The van der Waals surface area contributed by atoms with Gasteiger partial charge in [0.25, 0.3) is 0 Å². The maximum Gasteiger partial charge on any atom is 0.240 e. The maximum absolute atomic E-state index is 12.8. The van der Waals surface area contributed by atoms with Gasteiger partial charge >= 0.3 is 0 Å². The highest BCUT2D eigenvalue weighted by Gasteiger charge is 2.27. The van der Waals surface area contributed by atoms with Gasteiger partial charge in [0.1, 0.15) is 0 Å². The Bertz CT molecular complexity index is 876. The third-order valence-electron chi connectivity index (χ3n) is 4.76. The van der Waals surface area contributed by atoms with Gasteiger partial charge in [0.2, 0.25) is 15.9 Å². The van der Waals surface area contributed by atoms with Gasteiger partial charge in [-0.05, 0) is 42.8 Å². The molecule has 152 valence electrons. The summed E-state index contributed by atoms with van der Waals surface area (Å²) in [5.74, 6) is 0.0947. The third kappa shape index (κ3) is 5.29. The number of carbonyl (C=O) groups excluding carboxylic acids is 1. The largest absolute Gasteiger partial charge is 0.333 e. The van der Waals surface area contributed by atoms with Crippen molar-refractivity contribution in [2.24, 2.45) is 0 Å². The quantitative estimate of drug-likeness (QED) is 0.733. The number of rotatable bonds is 6. The molecule has 1 fully saturated rings. The summed E-state index contributed by atoms with van der Waals surface area (Å²) >= 11 is 0. The first-order valence-corrected chi connectivity index (χ1v) is 10.4. The topological polar surface area (TPSA) is 91.4 Å². The number of hydrogen-bond donors (Lipinski definition) is 2. The third-order valence-corrected chi connectivity index (χ3v) is 6.19. The van der Waals surface area contributed by atoms with E-state index in [1.54, 1.807) is 36.7 Å². The number of carbonyl (C=O) groups is 1. The van der Waals surface area contributed by atoms with Crippen molar-refractivity contribution in [2.75, 3.05) is 26.7 Å². The van der Waals surface area contributed by atoms with E-state index < -0.39 is 10.0 Å². The summed E-state index contributed by atoms with van der Waals surface area (Å²) in [6, 6.07) is 10.5. The highest BCUT2D eigenvalue weighted by atomic mass is 35.5. The molecule has 2 N–H and O–H groups in total. The SMILES string of the molecule is CNS(=O)(=O)c1ccc(CCC(=O)N2CCNCC2c2cccnc2)cc1.Cl. The van der Waals surface area contributed by atoms with Crippen LogP contribution in [0.4, 0.5) is 0 Å². The number of aryl methyl sites for hydroxylation is 1. The highest BCUT2D eigenvalue weighted by molar-refractivity contribution is 7.89. The van der Waals surface area contributed by atoms with Gasteiger partial charge in [-0.15, -0.1) is 12.4 Å². The van der Waals surface area contributed by atoms with E-state index in [0.29, 0.717) is 25.9 Å². The number of hydrogen-bond acceptors (Lipinski definition) is 5. The number of sulfonamides is 1. The van der Waals surface area contributed by atoms with E-state index in [9.17, 15) is 13.2 Å². The Morgan fingerprint density at radius 3 is 2.68 bits per heavy atom. The molecule has 1 unspecified atom stereocenters. The molecule has 1 atom stereocenters. The molecule has 2 heterocycles. The van der Waals surface area contributed by atoms with Crippen LogP contribution in [0.1, 0.15) is 23.6 Å². The molecule has 1 aliphatic rings. The van der Waals surface area contributed by atoms with Gasteiger partial charge < -0.3 is 10.2 Å².